The molecule has 94 valence electrons. The number of tetrazole rings is 1. The Morgan fingerprint density at radius 2 is 2.33 bits per heavy atom. The lowest BCUT2D eigenvalue weighted by Crippen LogP contribution is -2.34. The van der Waals surface area contributed by atoms with Gasteiger partial charge in [0, 0.05) is 24.8 Å². The maximum absolute atomic E-state index is 4.50. The van der Waals surface area contributed by atoms with Crippen LogP contribution in [0.4, 0.5) is 5.82 Å². The summed E-state index contributed by atoms with van der Waals surface area (Å²) in [5.41, 5.74) is 0.887. The van der Waals surface area contributed by atoms with E-state index in [-0.39, 0.29) is 0 Å². The second-order valence-corrected chi connectivity index (χ2v) is 4.83. The van der Waals surface area contributed by atoms with Crippen LogP contribution in [0.25, 0.3) is 11.4 Å². The molecule has 0 spiro atoms. The van der Waals surface area contributed by atoms with E-state index in [9.17, 15) is 0 Å². The fraction of sp³-hybridized carbons (Fsp3) is 0.500. The van der Waals surface area contributed by atoms with Crippen LogP contribution in [0, 0.1) is 5.92 Å². The largest absolute Gasteiger partial charge is 0.356 e. The second kappa shape index (κ2) is 4.72. The number of hydrogen-bond donors (Lipinski definition) is 1. The molecule has 1 aliphatic rings. The van der Waals surface area contributed by atoms with Crippen molar-refractivity contribution in [2.75, 3.05) is 18.0 Å². The second-order valence-electron chi connectivity index (χ2n) is 4.83. The quantitative estimate of drug-likeness (QED) is 0.866. The first-order valence-electron chi connectivity index (χ1n) is 6.28. The summed E-state index contributed by atoms with van der Waals surface area (Å²) in [6.07, 6.45) is 4.37. The van der Waals surface area contributed by atoms with Crippen LogP contribution in [0.1, 0.15) is 19.8 Å². The highest BCUT2D eigenvalue weighted by atomic mass is 15.5. The van der Waals surface area contributed by atoms with E-state index in [1.165, 1.54) is 12.8 Å². The van der Waals surface area contributed by atoms with Crippen LogP contribution >= 0.6 is 0 Å². The molecule has 2 aromatic rings. The Kier molecular flexibility index (Phi) is 2.92. The van der Waals surface area contributed by atoms with Crippen molar-refractivity contribution in [3.63, 3.8) is 0 Å². The predicted octanol–water partition coefficient (Wildman–Crippen LogP) is 1.50. The number of aromatic amines is 1. The van der Waals surface area contributed by atoms with Crippen LogP contribution in [0.5, 0.6) is 0 Å². The van der Waals surface area contributed by atoms with Crippen molar-refractivity contribution in [3.8, 4) is 11.4 Å². The van der Waals surface area contributed by atoms with Gasteiger partial charge in [0.15, 0.2) is 0 Å². The Bertz CT molecular complexity index is 492. The van der Waals surface area contributed by atoms with E-state index in [1.54, 1.807) is 6.20 Å². The maximum Gasteiger partial charge on any atom is 0.206 e. The lowest BCUT2D eigenvalue weighted by atomic mass is 10.0. The van der Waals surface area contributed by atoms with Crippen molar-refractivity contribution in [1.82, 2.24) is 25.6 Å². The number of nitrogens with one attached hydrogen (secondary N) is 1. The van der Waals surface area contributed by atoms with Crippen LogP contribution in [0.3, 0.4) is 0 Å². The van der Waals surface area contributed by atoms with E-state index in [0.717, 1.165) is 30.4 Å². The first-order valence-corrected chi connectivity index (χ1v) is 6.28. The molecule has 3 rings (SSSR count). The number of H-pyrrole nitrogens is 1. The highest BCUT2D eigenvalue weighted by Crippen LogP contribution is 2.22. The summed E-state index contributed by atoms with van der Waals surface area (Å²) in [4.78, 5) is 6.84. The molecule has 1 saturated heterocycles. The Morgan fingerprint density at radius 3 is 3.00 bits per heavy atom. The van der Waals surface area contributed by atoms with E-state index in [1.807, 2.05) is 12.1 Å². The van der Waals surface area contributed by atoms with Crippen molar-refractivity contribution < 1.29 is 0 Å². The Morgan fingerprint density at radius 1 is 1.39 bits per heavy atom. The van der Waals surface area contributed by atoms with E-state index in [2.05, 4.69) is 37.4 Å². The van der Waals surface area contributed by atoms with Gasteiger partial charge in [-0.2, -0.15) is 5.21 Å². The highest BCUT2D eigenvalue weighted by molar-refractivity contribution is 5.55. The standard InChI is InChI=1S/C12H16N6/c1-9-3-2-6-18(8-9)11-5-4-10(7-13-11)12-14-16-17-15-12/h4-5,7,9H,2-3,6,8H2,1H3,(H,14,15,16,17). The zero-order chi connectivity index (χ0) is 12.4. The summed E-state index contributed by atoms with van der Waals surface area (Å²) in [6, 6.07) is 4.02. The van der Waals surface area contributed by atoms with Gasteiger partial charge in [-0.05, 0) is 36.1 Å². The SMILES string of the molecule is CC1CCCN(c2ccc(-c3nn[nH]n3)cn2)C1. The lowest BCUT2D eigenvalue weighted by Gasteiger charge is -2.31. The molecule has 0 bridgehead atoms. The van der Waals surface area contributed by atoms with Gasteiger partial charge in [0.25, 0.3) is 0 Å². The molecule has 1 unspecified atom stereocenters. The van der Waals surface area contributed by atoms with Gasteiger partial charge < -0.3 is 4.90 Å². The third-order valence-electron chi connectivity index (χ3n) is 3.33. The van der Waals surface area contributed by atoms with E-state index in [0.29, 0.717) is 5.82 Å². The van der Waals surface area contributed by atoms with E-state index >= 15 is 0 Å². The molecule has 1 N–H and O–H groups in total. The van der Waals surface area contributed by atoms with Crippen molar-refractivity contribution in [3.05, 3.63) is 18.3 Å². The van der Waals surface area contributed by atoms with Gasteiger partial charge in [0.05, 0.1) is 0 Å². The zero-order valence-corrected chi connectivity index (χ0v) is 10.4. The molecule has 18 heavy (non-hydrogen) atoms. The summed E-state index contributed by atoms with van der Waals surface area (Å²) >= 11 is 0. The Hall–Kier alpha value is -1.98. The predicted molar refractivity (Wildman–Crippen MR) is 68.0 cm³/mol. The molecule has 6 nitrogen and oxygen atoms in total. The van der Waals surface area contributed by atoms with Gasteiger partial charge in [0.2, 0.25) is 5.82 Å². The van der Waals surface area contributed by atoms with Gasteiger partial charge in [-0.3, -0.25) is 0 Å². The number of anilines is 1. The van der Waals surface area contributed by atoms with E-state index in [4.69, 9.17) is 0 Å². The summed E-state index contributed by atoms with van der Waals surface area (Å²) in [5.74, 6) is 2.37. The van der Waals surface area contributed by atoms with Gasteiger partial charge in [-0.1, -0.05) is 6.92 Å². The summed E-state index contributed by atoms with van der Waals surface area (Å²) in [6.45, 7) is 4.48. The van der Waals surface area contributed by atoms with Gasteiger partial charge in [-0.25, -0.2) is 4.98 Å². The summed E-state index contributed by atoms with van der Waals surface area (Å²) in [7, 11) is 0. The first kappa shape index (κ1) is 11.1. The summed E-state index contributed by atoms with van der Waals surface area (Å²) in [5, 5.41) is 13.9. The molecule has 0 aromatic carbocycles. The van der Waals surface area contributed by atoms with Crippen LogP contribution in [0.15, 0.2) is 18.3 Å². The third-order valence-corrected chi connectivity index (χ3v) is 3.33. The number of rotatable bonds is 2. The minimum atomic E-state index is 0.584. The van der Waals surface area contributed by atoms with Crippen LogP contribution < -0.4 is 4.90 Å². The molecule has 1 fully saturated rings. The number of aromatic nitrogens is 5. The normalized spacial score (nSPS) is 20.1. The lowest BCUT2D eigenvalue weighted by molar-refractivity contribution is 0.444. The Labute approximate surface area is 105 Å². The van der Waals surface area contributed by atoms with Crippen LogP contribution in [0.2, 0.25) is 0 Å². The molecule has 0 aliphatic carbocycles. The maximum atomic E-state index is 4.50. The first-order chi connectivity index (χ1) is 8.83. The van der Waals surface area contributed by atoms with Gasteiger partial charge in [0.1, 0.15) is 5.82 Å². The Balaban J connectivity index is 1.78. The molecule has 1 atom stereocenters. The van der Waals surface area contributed by atoms with Crippen molar-refractivity contribution in [2.24, 2.45) is 5.92 Å². The molecule has 0 saturated carbocycles. The molecule has 0 radical (unpaired) electrons. The van der Waals surface area contributed by atoms with Crippen molar-refractivity contribution in [1.29, 1.82) is 0 Å². The zero-order valence-electron chi connectivity index (χ0n) is 10.4. The monoisotopic (exact) mass is 244 g/mol. The minimum absolute atomic E-state index is 0.584. The fourth-order valence-electron chi connectivity index (χ4n) is 2.39. The molecular weight excluding hydrogens is 228 g/mol. The van der Waals surface area contributed by atoms with Gasteiger partial charge >= 0.3 is 0 Å². The topological polar surface area (TPSA) is 70.6 Å². The highest BCUT2D eigenvalue weighted by Gasteiger charge is 2.17. The van der Waals surface area contributed by atoms with E-state index < -0.39 is 0 Å². The van der Waals surface area contributed by atoms with Crippen LogP contribution in [-0.4, -0.2) is 38.7 Å². The molecule has 6 heteroatoms. The average Bonchev–Trinajstić information content (AvgIpc) is 2.93. The molecule has 3 heterocycles. The molecule has 1 aliphatic heterocycles. The van der Waals surface area contributed by atoms with Crippen LogP contribution in [-0.2, 0) is 0 Å². The molecule has 0 amide bonds. The average molecular weight is 244 g/mol. The van der Waals surface area contributed by atoms with Crippen molar-refractivity contribution in [2.45, 2.75) is 19.8 Å². The van der Waals surface area contributed by atoms with Crippen molar-refractivity contribution >= 4 is 5.82 Å². The smallest absolute Gasteiger partial charge is 0.206 e. The number of nitrogens with zero attached hydrogens (tertiary/aromatic N) is 5. The minimum Gasteiger partial charge on any atom is -0.356 e. The molecule has 2 aromatic heterocycles. The number of piperidine rings is 1. The fourth-order valence-corrected chi connectivity index (χ4v) is 2.39. The third kappa shape index (κ3) is 2.18. The summed E-state index contributed by atoms with van der Waals surface area (Å²) < 4.78 is 0. The van der Waals surface area contributed by atoms with Gasteiger partial charge in [-0.15, -0.1) is 10.2 Å². The number of hydrogen-bond acceptors (Lipinski definition) is 5. The molecular formula is C12H16N6. The number of pyridine rings is 1.